The van der Waals surface area contributed by atoms with Gasteiger partial charge in [-0.15, -0.1) is 0 Å². The number of rotatable bonds is 7. The second-order valence-corrected chi connectivity index (χ2v) is 7.86. The molecule has 0 aromatic carbocycles. The number of nitrogens with zero attached hydrogens (tertiary/aromatic N) is 4. The lowest BCUT2D eigenvalue weighted by Gasteiger charge is -2.24. The highest BCUT2D eigenvalue weighted by atomic mass is 16.6. The van der Waals surface area contributed by atoms with E-state index in [1.165, 1.54) is 16.6 Å². The molecular weight excluding hydrogens is 420 g/mol. The Labute approximate surface area is 183 Å². The average Bonchev–Trinajstić information content (AvgIpc) is 3.32. The van der Waals surface area contributed by atoms with Gasteiger partial charge in [-0.1, -0.05) is 20.8 Å². The molecule has 1 fully saturated rings. The summed E-state index contributed by atoms with van der Waals surface area (Å²) in [4.78, 5) is 27.9. The number of amides is 1. The summed E-state index contributed by atoms with van der Waals surface area (Å²) in [6.45, 7) is 4.90. The van der Waals surface area contributed by atoms with Gasteiger partial charge in [0.25, 0.3) is 0 Å². The highest BCUT2D eigenvalue weighted by Gasteiger charge is 2.57. The van der Waals surface area contributed by atoms with E-state index in [2.05, 4.69) is 15.4 Å². The van der Waals surface area contributed by atoms with Gasteiger partial charge in [0.15, 0.2) is 5.82 Å². The highest BCUT2D eigenvalue weighted by molar-refractivity contribution is 5.97. The van der Waals surface area contributed by atoms with Crippen LogP contribution in [0, 0.1) is 17.2 Å². The molecule has 12 heteroatoms. The fourth-order valence-electron chi connectivity index (χ4n) is 3.41. The van der Waals surface area contributed by atoms with Crippen molar-refractivity contribution in [2.75, 3.05) is 11.9 Å². The van der Waals surface area contributed by atoms with Gasteiger partial charge in [-0.25, -0.2) is 9.50 Å². The number of nitrogens with one attached hydrogen (secondary N) is 1. The number of ether oxygens (including phenoxy) is 2. The smallest absolute Gasteiger partial charge is 0.305 e. The van der Waals surface area contributed by atoms with E-state index in [4.69, 9.17) is 15.2 Å². The molecule has 32 heavy (non-hydrogen) atoms. The molecule has 1 aliphatic heterocycles. The summed E-state index contributed by atoms with van der Waals surface area (Å²) in [5.41, 5.74) is 4.32. The van der Waals surface area contributed by atoms with E-state index in [1.807, 2.05) is 19.9 Å². The first-order valence-electron chi connectivity index (χ1n) is 10.2. The molecule has 1 unspecified atom stereocenters. The summed E-state index contributed by atoms with van der Waals surface area (Å²) >= 11 is 0. The van der Waals surface area contributed by atoms with Crippen molar-refractivity contribution in [2.45, 2.75) is 57.1 Å². The van der Waals surface area contributed by atoms with Crippen LogP contribution in [0.15, 0.2) is 18.5 Å². The summed E-state index contributed by atoms with van der Waals surface area (Å²) < 4.78 is 12.0. The van der Waals surface area contributed by atoms with Crippen molar-refractivity contribution in [1.29, 1.82) is 5.26 Å². The van der Waals surface area contributed by atoms with Crippen LogP contribution in [0.2, 0.25) is 0 Å². The Hall–Kier alpha value is -3.11. The number of carbonyl (C=O) groups is 2. The third-order valence-electron chi connectivity index (χ3n) is 5.42. The molecule has 1 amide bonds. The molecule has 3 heterocycles. The third-order valence-corrected chi connectivity index (χ3v) is 5.42. The molecule has 1 aliphatic rings. The lowest BCUT2D eigenvalue weighted by atomic mass is 9.92. The number of aromatic nitrogens is 3. The summed E-state index contributed by atoms with van der Waals surface area (Å²) in [6.07, 6.45) is -2.98. The van der Waals surface area contributed by atoms with E-state index in [1.54, 1.807) is 6.92 Å². The van der Waals surface area contributed by atoms with Crippen LogP contribution < -0.4 is 11.1 Å². The minimum Gasteiger partial charge on any atom is -0.463 e. The second-order valence-electron chi connectivity index (χ2n) is 7.86. The number of hydrogen-bond donors (Lipinski definition) is 4. The standard InChI is InChI=1S/C20H26N6O6/c1-4-14(27)31-7-12-16(28)17(29)20(8-21,32-12)13-6-5-11-18(23-9-24-26(11)13)25-19(30)15(22)10(2)3/h5-6,9-10,12,15-17,28-29H,4,7,22H2,1-3H3,(H,23,24,25,30)/t12-,15?,16-,17-,20+/m1/s1. The fraction of sp³-hybridized carbons (Fsp3) is 0.550. The number of fused-ring (bicyclic) bond motifs is 1. The van der Waals surface area contributed by atoms with Gasteiger partial charge in [0.1, 0.15) is 42.8 Å². The van der Waals surface area contributed by atoms with Gasteiger partial charge in [0.2, 0.25) is 11.5 Å². The second kappa shape index (κ2) is 9.17. The Bertz CT molecular complexity index is 1050. The van der Waals surface area contributed by atoms with Crippen molar-refractivity contribution in [3.8, 4) is 6.07 Å². The minimum atomic E-state index is -2.00. The Morgan fingerprint density at radius 1 is 1.44 bits per heavy atom. The number of carbonyl (C=O) groups excluding carboxylic acids is 2. The zero-order valence-electron chi connectivity index (χ0n) is 17.9. The van der Waals surface area contributed by atoms with Crippen LogP contribution in [0.25, 0.3) is 5.52 Å². The lowest BCUT2D eigenvalue weighted by molar-refractivity contribution is -0.150. The van der Waals surface area contributed by atoms with Crippen LogP contribution in [-0.2, 0) is 24.7 Å². The van der Waals surface area contributed by atoms with Gasteiger partial charge in [-0.05, 0) is 18.1 Å². The van der Waals surface area contributed by atoms with Crippen molar-refractivity contribution >= 4 is 23.2 Å². The molecule has 1 saturated heterocycles. The fourth-order valence-corrected chi connectivity index (χ4v) is 3.41. The van der Waals surface area contributed by atoms with Gasteiger partial charge in [0, 0.05) is 6.42 Å². The summed E-state index contributed by atoms with van der Waals surface area (Å²) in [5.74, 6) is -0.893. The summed E-state index contributed by atoms with van der Waals surface area (Å²) in [7, 11) is 0. The van der Waals surface area contributed by atoms with E-state index in [0.717, 1.165) is 6.33 Å². The Morgan fingerprint density at radius 3 is 2.78 bits per heavy atom. The summed E-state index contributed by atoms with van der Waals surface area (Å²) in [6, 6.07) is 4.17. The van der Waals surface area contributed by atoms with Gasteiger partial charge in [0.05, 0.1) is 11.7 Å². The molecule has 0 aliphatic carbocycles. The molecule has 0 radical (unpaired) electrons. The molecule has 5 atom stereocenters. The zero-order valence-corrected chi connectivity index (χ0v) is 17.9. The first-order chi connectivity index (χ1) is 15.2. The molecule has 0 saturated carbocycles. The molecule has 0 spiro atoms. The lowest BCUT2D eigenvalue weighted by Crippen LogP contribution is -2.41. The first-order valence-corrected chi connectivity index (χ1v) is 10.2. The molecule has 12 nitrogen and oxygen atoms in total. The SMILES string of the molecule is CCC(=O)OC[C@H]1O[C@@](C#N)(c2ccc3c(NC(=O)C(N)C(C)C)ncnn23)[C@H](O)[C@@H]1O. The summed E-state index contributed by atoms with van der Waals surface area (Å²) in [5, 5.41) is 37.8. The van der Waals surface area contributed by atoms with E-state index in [9.17, 15) is 25.1 Å². The number of esters is 1. The Balaban J connectivity index is 1.95. The quantitative estimate of drug-likeness (QED) is 0.402. The monoisotopic (exact) mass is 446 g/mol. The third kappa shape index (κ3) is 4.03. The number of nitrogens with two attached hydrogens (primary N) is 1. The van der Waals surface area contributed by atoms with Crippen molar-refractivity contribution in [1.82, 2.24) is 14.6 Å². The predicted molar refractivity (Wildman–Crippen MR) is 110 cm³/mol. The van der Waals surface area contributed by atoms with E-state index in [-0.39, 0.29) is 30.5 Å². The molecule has 3 rings (SSSR count). The van der Waals surface area contributed by atoms with E-state index >= 15 is 0 Å². The number of aliphatic hydroxyl groups excluding tert-OH is 2. The van der Waals surface area contributed by atoms with Gasteiger partial charge >= 0.3 is 5.97 Å². The number of anilines is 1. The van der Waals surface area contributed by atoms with Crippen LogP contribution in [0.4, 0.5) is 5.82 Å². The number of aliphatic hydroxyl groups is 2. The van der Waals surface area contributed by atoms with Crippen molar-refractivity contribution in [3.05, 3.63) is 24.2 Å². The van der Waals surface area contributed by atoms with Crippen molar-refractivity contribution in [2.24, 2.45) is 11.7 Å². The largest absolute Gasteiger partial charge is 0.463 e. The van der Waals surface area contributed by atoms with E-state index in [0.29, 0.717) is 5.52 Å². The van der Waals surface area contributed by atoms with E-state index < -0.39 is 41.8 Å². The maximum atomic E-state index is 12.4. The van der Waals surface area contributed by atoms with Crippen LogP contribution >= 0.6 is 0 Å². The molecule has 2 aromatic heterocycles. The maximum Gasteiger partial charge on any atom is 0.305 e. The van der Waals surface area contributed by atoms with Crippen molar-refractivity contribution in [3.63, 3.8) is 0 Å². The van der Waals surface area contributed by atoms with Crippen LogP contribution in [-0.4, -0.2) is 67.6 Å². The molecule has 5 N–H and O–H groups in total. The highest BCUT2D eigenvalue weighted by Crippen LogP contribution is 2.40. The molecule has 0 bridgehead atoms. The first kappa shape index (κ1) is 23.6. The topological polar surface area (TPSA) is 185 Å². The normalized spacial score (nSPS) is 26.1. The van der Waals surface area contributed by atoms with Crippen LogP contribution in [0.1, 0.15) is 32.9 Å². The van der Waals surface area contributed by atoms with Crippen molar-refractivity contribution < 1.29 is 29.3 Å². The van der Waals surface area contributed by atoms with Crippen LogP contribution in [0.5, 0.6) is 0 Å². The minimum absolute atomic E-state index is 0.0978. The Morgan fingerprint density at radius 2 is 2.16 bits per heavy atom. The van der Waals surface area contributed by atoms with Gasteiger partial charge < -0.3 is 30.7 Å². The Kier molecular flexibility index (Phi) is 6.75. The number of nitriles is 1. The number of hydrogen-bond acceptors (Lipinski definition) is 10. The molecule has 2 aromatic rings. The molecule has 172 valence electrons. The van der Waals surface area contributed by atoms with Gasteiger partial charge in [-0.3, -0.25) is 9.59 Å². The molecular formula is C20H26N6O6. The van der Waals surface area contributed by atoms with Crippen LogP contribution in [0.3, 0.4) is 0 Å². The predicted octanol–water partition coefficient (Wildman–Crippen LogP) is -0.556. The average molecular weight is 446 g/mol. The van der Waals surface area contributed by atoms with Gasteiger partial charge in [-0.2, -0.15) is 10.4 Å². The maximum absolute atomic E-state index is 12.4. The zero-order chi connectivity index (χ0) is 23.6.